The number of hydrogen-bond donors (Lipinski definition) is 3. The summed E-state index contributed by atoms with van der Waals surface area (Å²) in [5.41, 5.74) is 13.1. The Kier molecular flexibility index (Phi) is 7.12. The van der Waals surface area contributed by atoms with Gasteiger partial charge < -0.3 is 16.8 Å². The maximum atomic E-state index is 13.5. The third kappa shape index (κ3) is 4.90. The number of nitrogen functional groups attached to an aromatic ring is 1. The van der Waals surface area contributed by atoms with E-state index in [1.807, 2.05) is 37.3 Å². The number of benzene rings is 2. The van der Waals surface area contributed by atoms with E-state index >= 15 is 0 Å². The summed E-state index contributed by atoms with van der Waals surface area (Å²) < 4.78 is 3.89. The van der Waals surface area contributed by atoms with Crippen molar-refractivity contribution < 1.29 is 14.4 Å². The molecule has 3 aromatic rings. The number of carbonyl (C=O) groups excluding carboxylic acids is 3. The number of rotatable bonds is 7. The van der Waals surface area contributed by atoms with Crippen molar-refractivity contribution in [3.63, 3.8) is 0 Å². The number of aryl methyl sites for hydroxylation is 1. The number of nitrogens with zero attached hydrogens (tertiary/aromatic N) is 2. The molecule has 8 nitrogen and oxygen atoms in total. The van der Waals surface area contributed by atoms with Crippen LogP contribution in [-0.4, -0.2) is 28.1 Å². The third-order valence-electron chi connectivity index (χ3n) is 4.88. The molecule has 3 rings (SSSR count). The van der Waals surface area contributed by atoms with E-state index < -0.39 is 17.9 Å². The Bertz CT molecular complexity index is 1170. The molecule has 0 aliphatic rings. The number of hydrogen-bond acceptors (Lipinski definition) is 6. The highest BCUT2D eigenvalue weighted by Crippen LogP contribution is 2.30. The molecule has 2 aromatic carbocycles. The number of halogens is 1. The molecular formula is C22H22ClN5O3S. The van der Waals surface area contributed by atoms with Gasteiger partial charge in [-0.2, -0.15) is 4.37 Å². The van der Waals surface area contributed by atoms with Crippen molar-refractivity contribution in [3.05, 3.63) is 75.3 Å². The van der Waals surface area contributed by atoms with Gasteiger partial charge in [0.15, 0.2) is 5.69 Å². The van der Waals surface area contributed by atoms with Crippen molar-refractivity contribution in [2.45, 2.75) is 26.4 Å². The van der Waals surface area contributed by atoms with E-state index in [4.69, 9.17) is 23.1 Å². The maximum Gasteiger partial charge on any atom is 0.272 e. The minimum absolute atomic E-state index is 0.0122. The standard InChI is InChI=1S/C22H22ClN5O3S/c1-12-8-9-15(10-16(12)23)28(22(31)19-17(24)18(20(25)29)27-32-19)13(2)21(30)26-11-14-6-4-3-5-7-14/h3-10,13H,11,24H2,1-2H3,(H2,25,29)(H,26,30). The monoisotopic (exact) mass is 471 g/mol. The van der Waals surface area contributed by atoms with Crippen molar-refractivity contribution in [1.82, 2.24) is 9.69 Å². The fourth-order valence-corrected chi connectivity index (χ4v) is 3.95. The van der Waals surface area contributed by atoms with Gasteiger partial charge in [0.1, 0.15) is 10.9 Å². The Morgan fingerprint density at radius 3 is 2.47 bits per heavy atom. The molecule has 1 aromatic heterocycles. The highest BCUT2D eigenvalue weighted by molar-refractivity contribution is 7.09. The summed E-state index contributed by atoms with van der Waals surface area (Å²) in [7, 11) is 0. The quantitative estimate of drug-likeness (QED) is 0.487. The zero-order chi connectivity index (χ0) is 23.4. The molecule has 1 unspecified atom stereocenters. The molecule has 0 saturated carbocycles. The van der Waals surface area contributed by atoms with Gasteiger partial charge in [-0.3, -0.25) is 19.3 Å². The van der Waals surface area contributed by atoms with Crippen molar-refractivity contribution >= 4 is 52.2 Å². The van der Waals surface area contributed by atoms with E-state index in [2.05, 4.69) is 9.69 Å². The second-order valence-electron chi connectivity index (χ2n) is 7.13. The number of aromatic nitrogens is 1. The Hall–Kier alpha value is -3.43. The fourth-order valence-electron chi connectivity index (χ4n) is 3.04. The van der Waals surface area contributed by atoms with Gasteiger partial charge in [-0.1, -0.05) is 48.0 Å². The van der Waals surface area contributed by atoms with Crippen LogP contribution < -0.4 is 21.7 Å². The first-order valence-corrected chi connectivity index (χ1v) is 10.8. The van der Waals surface area contributed by atoms with Crippen LogP contribution in [0.4, 0.5) is 11.4 Å². The van der Waals surface area contributed by atoms with Crippen molar-refractivity contribution in [1.29, 1.82) is 0 Å². The lowest BCUT2D eigenvalue weighted by molar-refractivity contribution is -0.122. The van der Waals surface area contributed by atoms with Gasteiger partial charge in [0.05, 0.1) is 5.69 Å². The topological polar surface area (TPSA) is 131 Å². The van der Waals surface area contributed by atoms with Gasteiger partial charge in [0.2, 0.25) is 5.91 Å². The summed E-state index contributed by atoms with van der Waals surface area (Å²) in [4.78, 5) is 39.2. The number of carbonyl (C=O) groups is 3. The lowest BCUT2D eigenvalue weighted by atomic mass is 10.1. The molecule has 32 heavy (non-hydrogen) atoms. The summed E-state index contributed by atoms with van der Waals surface area (Å²) >= 11 is 7.03. The number of nitrogens with two attached hydrogens (primary N) is 2. The van der Waals surface area contributed by atoms with Gasteiger partial charge in [-0.25, -0.2) is 0 Å². The van der Waals surface area contributed by atoms with Crippen LogP contribution in [0, 0.1) is 6.92 Å². The maximum absolute atomic E-state index is 13.5. The van der Waals surface area contributed by atoms with Crippen molar-refractivity contribution in [3.8, 4) is 0 Å². The number of anilines is 2. The lowest BCUT2D eigenvalue weighted by Gasteiger charge is -2.28. The largest absolute Gasteiger partial charge is 0.395 e. The minimum atomic E-state index is -0.913. The Morgan fingerprint density at radius 1 is 1.19 bits per heavy atom. The average molecular weight is 472 g/mol. The van der Waals surface area contributed by atoms with Crippen LogP contribution in [0.1, 0.15) is 38.2 Å². The fraction of sp³-hybridized carbons (Fsp3) is 0.182. The Balaban J connectivity index is 1.94. The molecule has 10 heteroatoms. The molecule has 0 aliphatic heterocycles. The first-order valence-electron chi connectivity index (χ1n) is 9.67. The molecular weight excluding hydrogens is 450 g/mol. The van der Waals surface area contributed by atoms with E-state index in [-0.39, 0.29) is 22.2 Å². The number of amides is 3. The summed E-state index contributed by atoms with van der Waals surface area (Å²) in [6.45, 7) is 3.72. The predicted octanol–water partition coefficient (Wildman–Crippen LogP) is 3.14. The first kappa shape index (κ1) is 23.2. The van der Waals surface area contributed by atoms with Gasteiger partial charge in [0.25, 0.3) is 11.8 Å². The van der Waals surface area contributed by atoms with Crippen LogP contribution in [0.25, 0.3) is 0 Å². The minimum Gasteiger partial charge on any atom is -0.395 e. The average Bonchev–Trinajstić information content (AvgIpc) is 3.16. The van der Waals surface area contributed by atoms with Crippen molar-refractivity contribution in [2.75, 3.05) is 10.6 Å². The predicted molar refractivity (Wildman–Crippen MR) is 126 cm³/mol. The highest BCUT2D eigenvalue weighted by Gasteiger charge is 2.32. The second-order valence-corrected chi connectivity index (χ2v) is 8.31. The Morgan fingerprint density at radius 2 is 1.88 bits per heavy atom. The van der Waals surface area contributed by atoms with Gasteiger partial charge in [0, 0.05) is 17.3 Å². The molecule has 5 N–H and O–H groups in total. The molecule has 0 saturated heterocycles. The molecule has 3 amide bonds. The van der Waals surface area contributed by atoms with E-state index in [1.165, 1.54) is 4.90 Å². The molecule has 166 valence electrons. The van der Waals surface area contributed by atoms with E-state index in [0.29, 0.717) is 17.3 Å². The zero-order valence-electron chi connectivity index (χ0n) is 17.5. The van der Waals surface area contributed by atoms with Gasteiger partial charge in [-0.05, 0) is 48.6 Å². The summed E-state index contributed by atoms with van der Waals surface area (Å²) in [5.74, 6) is -1.80. The zero-order valence-corrected chi connectivity index (χ0v) is 19.0. The second kappa shape index (κ2) is 9.80. The molecule has 1 heterocycles. The smallest absolute Gasteiger partial charge is 0.272 e. The highest BCUT2D eigenvalue weighted by atomic mass is 35.5. The van der Waals surface area contributed by atoms with Crippen molar-refractivity contribution in [2.24, 2.45) is 5.73 Å². The van der Waals surface area contributed by atoms with E-state index in [9.17, 15) is 14.4 Å². The number of primary amides is 1. The molecule has 0 spiro atoms. The molecule has 0 bridgehead atoms. The summed E-state index contributed by atoms with van der Waals surface area (Å²) in [5, 5.41) is 3.27. The van der Waals surface area contributed by atoms with Crippen LogP contribution in [0.3, 0.4) is 0 Å². The summed E-state index contributed by atoms with van der Waals surface area (Å²) in [6, 6.07) is 13.5. The van der Waals surface area contributed by atoms with Crippen LogP contribution in [0.5, 0.6) is 0 Å². The van der Waals surface area contributed by atoms with Gasteiger partial charge >= 0.3 is 0 Å². The Labute approximate surface area is 194 Å². The van der Waals surface area contributed by atoms with Crippen LogP contribution in [0.15, 0.2) is 48.5 Å². The SMILES string of the molecule is Cc1ccc(N(C(=O)c2snc(C(N)=O)c2N)C(C)C(=O)NCc2ccccc2)cc1Cl. The molecule has 1 atom stereocenters. The lowest BCUT2D eigenvalue weighted by Crippen LogP contribution is -2.48. The molecule has 0 fully saturated rings. The van der Waals surface area contributed by atoms with Crippen LogP contribution >= 0.6 is 23.1 Å². The summed E-state index contributed by atoms with van der Waals surface area (Å²) in [6.07, 6.45) is 0. The van der Waals surface area contributed by atoms with Crippen LogP contribution in [0.2, 0.25) is 5.02 Å². The number of nitrogens with one attached hydrogen (secondary N) is 1. The normalized spacial score (nSPS) is 11.6. The third-order valence-corrected chi connectivity index (χ3v) is 6.14. The van der Waals surface area contributed by atoms with E-state index in [1.54, 1.807) is 25.1 Å². The van der Waals surface area contributed by atoms with Gasteiger partial charge in [-0.15, -0.1) is 0 Å². The first-order chi connectivity index (χ1) is 15.2. The van der Waals surface area contributed by atoms with Crippen LogP contribution in [-0.2, 0) is 11.3 Å². The van der Waals surface area contributed by atoms with E-state index in [0.717, 1.165) is 22.7 Å². The molecule has 0 radical (unpaired) electrons. The molecule has 0 aliphatic carbocycles.